The van der Waals surface area contributed by atoms with Crippen LogP contribution in [0.15, 0.2) is 12.3 Å². The zero-order valence-corrected chi connectivity index (χ0v) is 12.4. The molecule has 0 fully saturated rings. The summed E-state index contributed by atoms with van der Waals surface area (Å²) in [7, 11) is 0. The lowest BCUT2D eigenvalue weighted by molar-refractivity contribution is -0.147. The molecule has 1 aliphatic rings. The number of thiophene rings is 1. The average molecular weight is 325 g/mol. The Bertz CT molecular complexity index is 663. The van der Waals surface area contributed by atoms with Crippen LogP contribution in [0.2, 0.25) is 0 Å². The molecule has 1 aromatic rings. The van der Waals surface area contributed by atoms with Crippen LogP contribution >= 0.6 is 11.3 Å². The largest absolute Gasteiger partial charge is 0.513 e. The third kappa shape index (κ3) is 3.11. The van der Waals surface area contributed by atoms with Crippen molar-refractivity contribution in [2.75, 3.05) is 5.32 Å². The van der Waals surface area contributed by atoms with Crippen LogP contribution in [0, 0.1) is 0 Å². The van der Waals surface area contributed by atoms with Crippen molar-refractivity contribution in [1.29, 1.82) is 0 Å². The minimum absolute atomic E-state index is 0.0281. The highest BCUT2D eigenvalue weighted by Crippen LogP contribution is 2.45. The van der Waals surface area contributed by atoms with E-state index in [0.717, 1.165) is 22.6 Å². The number of rotatable bonds is 4. The topological polar surface area (TPSA) is 124 Å². The second-order valence-corrected chi connectivity index (χ2v) is 6.17. The van der Waals surface area contributed by atoms with Crippen LogP contribution in [-0.4, -0.2) is 33.2 Å². The van der Waals surface area contributed by atoms with Gasteiger partial charge < -0.3 is 20.6 Å². The summed E-state index contributed by atoms with van der Waals surface area (Å²) in [5.41, 5.74) is 0.486. The summed E-state index contributed by atoms with van der Waals surface area (Å²) >= 11 is 1.08. The quantitative estimate of drug-likeness (QED) is 0.497. The summed E-state index contributed by atoms with van der Waals surface area (Å²) in [6.07, 6.45) is 2.45. The van der Waals surface area contributed by atoms with Gasteiger partial charge in [0.2, 0.25) is 0 Å². The molecule has 0 bridgehead atoms. The molecule has 0 saturated carbocycles. The Kier molecular flexibility index (Phi) is 4.51. The zero-order chi connectivity index (χ0) is 16.4. The molecule has 1 aromatic heterocycles. The Morgan fingerprint density at radius 2 is 1.95 bits per heavy atom. The molecular weight excluding hydrogens is 310 g/mol. The number of hydrogen-bond acceptors (Lipinski definition) is 5. The van der Waals surface area contributed by atoms with E-state index in [9.17, 15) is 24.6 Å². The summed E-state index contributed by atoms with van der Waals surface area (Å²) in [6, 6.07) is 0. The van der Waals surface area contributed by atoms with Gasteiger partial charge in [0.25, 0.3) is 0 Å². The fraction of sp³-hybridized carbons (Fsp3) is 0.357. The molecule has 1 heterocycles. The Morgan fingerprint density at radius 3 is 2.50 bits per heavy atom. The molecule has 1 unspecified atom stereocenters. The van der Waals surface area contributed by atoms with Crippen LogP contribution in [0.1, 0.15) is 46.0 Å². The minimum atomic E-state index is -1.68. The summed E-state index contributed by atoms with van der Waals surface area (Å²) in [6.45, 7) is 3.44. The maximum absolute atomic E-state index is 11.6. The molecule has 8 heteroatoms. The number of aliphatic hydroxyl groups excluding tert-OH is 1. The lowest BCUT2D eigenvalue weighted by Crippen LogP contribution is -2.22. The van der Waals surface area contributed by atoms with E-state index < -0.39 is 17.8 Å². The number of carbonyl (C=O) groups is 3. The minimum Gasteiger partial charge on any atom is -0.513 e. The van der Waals surface area contributed by atoms with Gasteiger partial charge in [-0.3, -0.25) is 4.79 Å². The third-order valence-corrected chi connectivity index (χ3v) is 4.68. The van der Waals surface area contributed by atoms with Crippen molar-refractivity contribution >= 4 is 34.2 Å². The zero-order valence-electron chi connectivity index (χ0n) is 11.6. The van der Waals surface area contributed by atoms with Crippen LogP contribution in [-0.2, 0) is 16.0 Å². The van der Waals surface area contributed by atoms with Gasteiger partial charge in [0.15, 0.2) is 0 Å². The van der Waals surface area contributed by atoms with Crippen molar-refractivity contribution < 1.29 is 29.7 Å². The van der Waals surface area contributed by atoms with Gasteiger partial charge in [0, 0.05) is 11.3 Å². The number of hydrogen-bond donors (Lipinski definition) is 4. The first-order valence-electron chi connectivity index (χ1n) is 6.61. The van der Waals surface area contributed by atoms with Gasteiger partial charge in [-0.05, 0) is 30.7 Å². The SMILES string of the molecule is C=C(O)CC1CCCc2sc(NC(=O)C(=O)O)c(C(=O)O)c21. The van der Waals surface area contributed by atoms with E-state index in [2.05, 4.69) is 11.9 Å². The van der Waals surface area contributed by atoms with Crippen molar-refractivity contribution in [3.63, 3.8) is 0 Å². The number of carboxylic acids is 2. The maximum atomic E-state index is 11.6. The van der Waals surface area contributed by atoms with Crippen molar-refractivity contribution in [3.05, 3.63) is 28.3 Å². The Morgan fingerprint density at radius 1 is 1.27 bits per heavy atom. The summed E-state index contributed by atoms with van der Waals surface area (Å²) in [5.74, 6) is -4.41. The number of aliphatic carboxylic acids is 1. The van der Waals surface area contributed by atoms with Crippen LogP contribution in [0.5, 0.6) is 0 Å². The van der Waals surface area contributed by atoms with E-state index in [0.29, 0.717) is 18.4 Å². The number of carbonyl (C=O) groups excluding carboxylic acids is 1. The number of allylic oxidation sites excluding steroid dienone is 1. The first kappa shape index (κ1) is 16.0. The van der Waals surface area contributed by atoms with Crippen molar-refractivity contribution in [2.24, 2.45) is 0 Å². The van der Waals surface area contributed by atoms with E-state index in [-0.39, 0.29) is 28.7 Å². The molecule has 0 aliphatic heterocycles. The number of aromatic carboxylic acids is 1. The van der Waals surface area contributed by atoms with E-state index in [4.69, 9.17) is 5.11 Å². The third-order valence-electron chi connectivity index (χ3n) is 3.50. The van der Waals surface area contributed by atoms with E-state index in [1.165, 1.54) is 0 Å². The maximum Gasteiger partial charge on any atom is 0.394 e. The average Bonchev–Trinajstić information content (AvgIpc) is 2.77. The molecule has 0 spiro atoms. The molecule has 118 valence electrons. The number of anilines is 1. The fourth-order valence-electron chi connectivity index (χ4n) is 2.71. The lowest BCUT2D eigenvalue weighted by atomic mass is 9.82. The molecule has 0 aromatic carbocycles. The molecule has 4 N–H and O–H groups in total. The van der Waals surface area contributed by atoms with Gasteiger partial charge in [-0.15, -0.1) is 11.3 Å². The molecular formula is C14H15NO6S. The standard InChI is InChI=1S/C14H15NO6S/c1-6(16)5-7-3-2-4-8-9(7)10(13(18)19)12(22-8)15-11(17)14(20)21/h7,16H,1-5H2,(H,15,17)(H,18,19)(H,20,21). The number of aryl methyl sites for hydroxylation is 1. The Hall–Kier alpha value is -2.35. The second kappa shape index (κ2) is 6.18. The smallest absolute Gasteiger partial charge is 0.394 e. The van der Waals surface area contributed by atoms with Crippen LogP contribution < -0.4 is 5.32 Å². The van der Waals surface area contributed by atoms with Gasteiger partial charge in [-0.25, -0.2) is 9.59 Å². The van der Waals surface area contributed by atoms with Gasteiger partial charge in [-0.1, -0.05) is 6.58 Å². The van der Waals surface area contributed by atoms with Crippen molar-refractivity contribution in [2.45, 2.75) is 31.6 Å². The monoisotopic (exact) mass is 325 g/mol. The molecule has 2 rings (SSSR count). The number of amides is 1. The fourth-order valence-corrected chi connectivity index (χ4v) is 4.02. The normalized spacial score (nSPS) is 16.6. The first-order valence-corrected chi connectivity index (χ1v) is 7.42. The van der Waals surface area contributed by atoms with Crippen LogP contribution in [0.4, 0.5) is 5.00 Å². The lowest BCUT2D eigenvalue weighted by Gasteiger charge is -2.22. The first-order chi connectivity index (χ1) is 10.3. The van der Waals surface area contributed by atoms with Gasteiger partial charge in [0.05, 0.1) is 11.3 Å². The Balaban J connectivity index is 2.47. The van der Waals surface area contributed by atoms with Gasteiger partial charge in [0.1, 0.15) is 5.00 Å². The summed E-state index contributed by atoms with van der Waals surface area (Å²) in [4.78, 5) is 34.3. The molecule has 1 atom stereocenters. The van der Waals surface area contributed by atoms with Crippen LogP contribution in [0.3, 0.4) is 0 Å². The van der Waals surface area contributed by atoms with E-state index in [1.807, 2.05) is 0 Å². The number of fused-ring (bicyclic) bond motifs is 1. The van der Waals surface area contributed by atoms with Gasteiger partial charge in [-0.2, -0.15) is 0 Å². The second-order valence-electron chi connectivity index (χ2n) is 5.07. The number of aliphatic hydroxyl groups is 1. The molecule has 0 radical (unpaired) electrons. The predicted molar refractivity (Wildman–Crippen MR) is 79.6 cm³/mol. The number of nitrogens with one attached hydrogen (secondary N) is 1. The Labute approximate surface area is 129 Å². The molecule has 0 saturated heterocycles. The molecule has 7 nitrogen and oxygen atoms in total. The number of carboxylic acid groups (broad SMARTS) is 2. The molecule has 22 heavy (non-hydrogen) atoms. The molecule has 1 aliphatic carbocycles. The van der Waals surface area contributed by atoms with Crippen molar-refractivity contribution in [1.82, 2.24) is 0 Å². The van der Waals surface area contributed by atoms with E-state index in [1.54, 1.807) is 0 Å². The van der Waals surface area contributed by atoms with E-state index >= 15 is 0 Å². The highest BCUT2D eigenvalue weighted by molar-refractivity contribution is 7.17. The highest BCUT2D eigenvalue weighted by Gasteiger charge is 2.32. The summed E-state index contributed by atoms with van der Waals surface area (Å²) < 4.78 is 0. The van der Waals surface area contributed by atoms with Crippen LogP contribution in [0.25, 0.3) is 0 Å². The molecule has 1 amide bonds. The summed E-state index contributed by atoms with van der Waals surface area (Å²) in [5, 5.41) is 29.6. The predicted octanol–water partition coefficient (Wildman–Crippen LogP) is 2.35. The highest BCUT2D eigenvalue weighted by atomic mass is 32.1. The van der Waals surface area contributed by atoms with Crippen molar-refractivity contribution in [3.8, 4) is 0 Å². The van der Waals surface area contributed by atoms with Gasteiger partial charge >= 0.3 is 17.8 Å².